The number of carbonyl (C=O) groups is 3. The summed E-state index contributed by atoms with van der Waals surface area (Å²) in [5, 5.41) is 12.2. The molecule has 32 heavy (non-hydrogen) atoms. The third kappa shape index (κ3) is 8.67. The molecular weight excluding hydrogens is 412 g/mol. The maximum atomic E-state index is 12.7. The number of amides is 2. The van der Waals surface area contributed by atoms with Crippen molar-refractivity contribution >= 4 is 18.2 Å². The molecule has 0 bridgehead atoms. The summed E-state index contributed by atoms with van der Waals surface area (Å²) in [5.74, 6) is -1.08. The standard InChI is InChI=1S/C24H30N2O6/c1-18(2)15-21(22(27)28)26(24(30)32-17-20-11-7-4-8-12-20)14-13-25-23(29)31-16-19-9-5-3-6-10-19/h3-12,18,21H,13-17H2,1-2H3,(H,25,29)(H,27,28)/t21-/m1/s1. The smallest absolute Gasteiger partial charge is 0.410 e. The first-order chi connectivity index (χ1) is 15.4. The van der Waals surface area contributed by atoms with E-state index in [2.05, 4.69) is 5.32 Å². The SMILES string of the molecule is CC(C)C[C@H](C(=O)O)N(CCNC(=O)OCc1ccccc1)C(=O)OCc1ccccc1. The lowest BCUT2D eigenvalue weighted by Crippen LogP contribution is -2.49. The van der Waals surface area contributed by atoms with Crippen LogP contribution in [0.4, 0.5) is 9.59 Å². The summed E-state index contributed by atoms with van der Waals surface area (Å²) in [4.78, 5) is 37.7. The first-order valence-electron chi connectivity index (χ1n) is 10.5. The predicted molar refractivity (Wildman–Crippen MR) is 119 cm³/mol. The molecule has 0 heterocycles. The van der Waals surface area contributed by atoms with Crippen LogP contribution in [0.25, 0.3) is 0 Å². The molecule has 0 saturated heterocycles. The molecule has 2 aromatic carbocycles. The summed E-state index contributed by atoms with van der Waals surface area (Å²) < 4.78 is 10.5. The number of ether oxygens (including phenoxy) is 2. The van der Waals surface area contributed by atoms with Crippen molar-refractivity contribution in [2.45, 2.75) is 39.5 Å². The van der Waals surface area contributed by atoms with Gasteiger partial charge in [0.15, 0.2) is 0 Å². The van der Waals surface area contributed by atoms with Crippen LogP contribution in [0.5, 0.6) is 0 Å². The van der Waals surface area contributed by atoms with Gasteiger partial charge in [0.05, 0.1) is 0 Å². The summed E-state index contributed by atoms with van der Waals surface area (Å²) in [6, 6.07) is 17.3. The Morgan fingerprint density at radius 3 is 1.94 bits per heavy atom. The van der Waals surface area contributed by atoms with E-state index < -0.39 is 24.2 Å². The van der Waals surface area contributed by atoms with Crippen LogP contribution < -0.4 is 5.32 Å². The minimum atomic E-state index is -1.12. The monoisotopic (exact) mass is 442 g/mol. The molecule has 2 amide bonds. The van der Waals surface area contributed by atoms with E-state index >= 15 is 0 Å². The Labute approximate surface area is 188 Å². The van der Waals surface area contributed by atoms with Gasteiger partial charge in [-0.3, -0.25) is 4.90 Å². The van der Waals surface area contributed by atoms with Crippen LogP contribution in [-0.2, 0) is 27.5 Å². The van der Waals surface area contributed by atoms with Crippen LogP contribution in [0.1, 0.15) is 31.4 Å². The molecule has 0 aliphatic rings. The van der Waals surface area contributed by atoms with Gasteiger partial charge in [-0.25, -0.2) is 14.4 Å². The van der Waals surface area contributed by atoms with E-state index in [-0.39, 0.29) is 38.6 Å². The lowest BCUT2D eigenvalue weighted by molar-refractivity contribution is -0.143. The van der Waals surface area contributed by atoms with Crippen LogP contribution in [0.15, 0.2) is 60.7 Å². The van der Waals surface area contributed by atoms with Gasteiger partial charge >= 0.3 is 18.2 Å². The molecule has 0 saturated carbocycles. The number of nitrogens with zero attached hydrogens (tertiary/aromatic N) is 1. The number of hydrogen-bond donors (Lipinski definition) is 2. The van der Waals surface area contributed by atoms with Crippen LogP contribution in [-0.4, -0.2) is 47.3 Å². The van der Waals surface area contributed by atoms with E-state index in [1.807, 2.05) is 74.5 Å². The van der Waals surface area contributed by atoms with Gasteiger partial charge in [-0.1, -0.05) is 74.5 Å². The summed E-state index contributed by atoms with van der Waals surface area (Å²) >= 11 is 0. The third-order valence-corrected chi connectivity index (χ3v) is 4.63. The van der Waals surface area contributed by atoms with Crippen molar-refractivity contribution in [3.8, 4) is 0 Å². The lowest BCUT2D eigenvalue weighted by Gasteiger charge is -2.29. The third-order valence-electron chi connectivity index (χ3n) is 4.63. The van der Waals surface area contributed by atoms with Crippen molar-refractivity contribution in [1.82, 2.24) is 10.2 Å². The number of rotatable bonds is 11. The number of aliphatic carboxylic acids is 1. The fraction of sp³-hybridized carbons (Fsp3) is 0.375. The van der Waals surface area contributed by atoms with E-state index in [0.29, 0.717) is 0 Å². The molecule has 0 aromatic heterocycles. The van der Waals surface area contributed by atoms with E-state index in [1.54, 1.807) is 0 Å². The minimum absolute atomic E-state index is 0.0237. The molecule has 8 heteroatoms. The lowest BCUT2D eigenvalue weighted by atomic mass is 10.0. The maximum absolute atomic E-state index is 12.7. The van der Waals surface area contributed by atoms with Crippen LogP contribution in [0.2, 0.25) is 0 Å². The Morgan fingerprint density at radius 1 is 0.906 bits per heavy atom. The highest BCUT2D eigenvalue weighted by atomic mass is 16.6. The zero-order chi connectivity index (χ0) is 23.3. The molecule has 0 spiro atoms. The number of carboxylic acids is 1. The largest absolute Gasteiger partial charge is 0.480 e. The van der Waals surface area contributed by atoms with Gasteiger partial charge in [-0.05, 0) is 23.5 Å². The van der Waals surface area contributed by atoms with Crippen molar-refractivity contribution in [1.29, 1.82) is 0 Å². The molecule has 2 N–H and O–H groups in total. The molecule has 2 rings (SSSR count). The van der Waals surface area contributed by atoms with Crippen molar-refractivity contribution in [2.24, 2.45) is 5.92 Å². The van der Waals surface area contributed by atoms with Crippen molar-refractivity contribution in [3.63, 3.8) is 0 Å². The Kier molecular flexibility index (Phi) is 10.0. The highest BCUT2D eigenvalue weighted by Gasteiger charge is 2.31. The molecule has 1 atom stereocenters. The first-order valence-corrected chi connectivity index (χ1v) is 10.5. The molecule has 0 aliphatic heterocycles. The van der Waals surface area contributed by atoms with Gasteiger partial charge in [0.1, 0.15) is 19.3 Å². The number of alkyl carbamates (subject to hydrolysis) is 1. The predicted octanol–water partition coefficient (Wildman–Crippen LogP) is 4.05. The normalized spacial score (nSPS) is 11.5. The molecule has 172 valence electrons. The summed E-state index contributed by atoms with van der Waals surface area (Å²) in [5.41, 5.74) is 1.63. The van der Waals surface area contributed by atoms with Gasteiger partial charge < -0.3 is 19.9 Å². The van der Waals surface area contributed by atoms with E-state index in [0.717, 1.165) is 16.0 Å². The van der Waals surface area contributed by atoms with E-state index in [1.165, 1.54) is 0 Å². The van der Waals surface area contributed by atoms with Crippen LogP contribution in [0.3, 0.4) is 0 Å². The zero-order valence-corrected chi connectivity index (χ0v) is 18.4. The fourth-order valence-corrected chi connectivity index (χ4v) is 3.04. The number of benzene rings is 2. The van der Waals surface area contributed by atoms with Crippen LogP contribution >= 0.6 is 0 Å². The minimum Gasteiger partial charge on any atom is -0.480 e. The Balaban J connectivity index is 1.94. The molecule has 0 fully saturated rings. The number of carbonyl (C=O) groups excluding carboxylic acids is 2. The fourth-order valence-electron chi connectivity index (χ4n) is 3.04. The second-order valence-corrected chi connectivity index (χ2v) is 7.71. The Bertz CT molecular complexity index is 857. The van der Waals surface area contributed by atoms with Gasteiger partial charge in [0.2, 0.25) is 0 Å². The van der Waals surface area contributed by atoms with Gasteiger partial charge in [0.25, 0.3) is 0 Å². The summed E-state index contributed by atoms with van der Waals surface area (Å²) in [6.45, 7) is 3.89. The van der Waals surface area contributed by atoms with Crippen molar-refractivity contribution < 1.29 is 29.0 Å². The van der Waals surface area contributed by atoms with E-state index in [9.17, 15) is 19.5 Å². The van der Waals surface area contributed by atoms with Crippen LogP contribution in [0, 0.1) is 5.92 Å². The average molecular weight is 443 g/mol. The van der Waals surface area contributed by atoms with Crippen molar-refractivity contribution in [2.75, 3.05) is 13.1 Å². The average Bonchev–Trinajstić information content (AvgIpc) is 2.79. The van der Waals surface area contributed by atoms with E-state index in [4.69, 9.17) is 9.47 Å². The molecule has 0 unspecified atom stereocenters. The Morgan fingerprint density at radius 2 is 1.44 bits per heavy atom. The number of nitrogens with one attached hydrogen (secondary N) is 1. The zero-order valence-electron chi connectivity index (χ0n) is 18.4. The van der Waals surface area contributed by atoms with Gasteiger partial charge in [-0.2, -0.15) is 0 Å². The molecule has 0 aliphatic carbocycles. The molecule has 0 radical (unpaired) electrons. The molecule has 8 nitrogen and oxygen atoms in total. The van der Waals surface area contributed by atoms with Crippen molar-refractivity contribution in [3.05, 3.63) is 71.8 Å². The number of hydrogen-bond acceptors (Lipinski definition) is 5. The first kappa shape index (κ1) is 24.7. The van der Waals surface area contributed by atoms with Gasteiger partial charge in [-0.15, -0.1) is 0 Å². The second kappa shape index (κ2) is 13.0. The molecular formula is C24H30N2O6. The highest BCUT2D eigenvalue weighted by molar-refractivity contribution is 5.80. The highest BCUT2D eigenvalue weighted by Crippen LogP contribution is 2.14. The topological polar surface area (TPSA) is 105 Å². The molecule has 2 aromatic rings. The summed E-state index contributed by atoms with van der Waals surface area (Å²) in [6.07, 6.45) is -1.14. The maximum Gasteiger partial charge on any atom is 0.410 e. The quantitative estimate of drug-likeness (QED) is 0.544. The number of carboxylic acid groups (broad SMARTS) is 1. The van der Waals surface area contributed by atoms with Gasteiger partial charge in [0, 0.05) is 13.1 Å². The summed E-state index contributed by atoms with van der Waals surface area (Å²) in [7, 11) is 0. The second-order valence-electron chi connectivity index (χ2n) is 7.71. The Hall–Kier alpha value is -3.55.